The number of hydrogen-bond acceptors (Lipinski definition) is 3. The number of hydrogen-bond donors (Lipinski definition) is 0. The fourth-order valence-electron chi connectivity index (χ4n) is 2.96. The van der Waals surface area contributed by atoms with Crippen LogP contribution in [0.5, 0.6) is 0 Å². The highest BCUT2D eigenvalue weighted by Gasteiger charge is 2.20. The van der Waals surface area contributed by atoms with Gasteiger partial charge in [0.2, 0.25) is 0 Å². The van der Waals surface area contributed by atoms with Crippen molar-refractivity contribution in [3.05, 3.63) is 24.3 Å². The van der Waals surface area contributed by atoms with Crippen LogP contribution in [0.25, 0.3) is 0 Å². The third kappa shape index (κ3) is 2.71. The van der Waals surface area contributed by atoms with Crippen molar-refractivity contribution in [3.8, 4) is 0 Å². The number of rotatable bonds is 3. The fourth-order valence-corrected chi connectivity index (χ4v) is 2.96. The van der Waals surface area contributed by atoms with Crippen molar-refractivity contribution in [2.75, 3.05) is 49.1 Å². The second kappa shape index (κ2) is 5.41. The van der Waals surface area contributed by atoms with Crippen molar-refractivity contribution in [2.24, 2.45) is 0 Å². The van der Waals surface area contributed by atoms with Gasteiger partial charge >= 0.3 is 0 Å². The van der Waals surface area contributed by atoms with Gasteiger partial charge in [-0.1, -0.05) is 6.07 Å². The highest BCUT2D eigenvalue weighted by molar-refractivity contribution is 5.60. The Morgan fingerprint density at radius 3 is 1.89 bits per heavy atom. The molecule has 0 N–H and O–H groups in total. The lowest BCUT2D eigenvalue weighted by atomic mass is 10.1. The average molecular weight is 259 g/mol. The van der Waals surface area contributed by atoms with Crippen LogP contribution in [-0.4, -0.2) is 50.2 Å². The predicted octanol–water partition coefficient (Wildman–Crippen LogP) is 2.43. The predicted molar refractivity (Wildman–Crippen MR) is 82.2 cm³/mol. The molecule has 0 saturated carbocycles. The second-order valence-corrected chi connectivity index (χ2v) is 5.98. The van der Waals surface area contributed by atoms with Gasteiger partial charge in [0.05, 0.1) is 0 Å². The minimum Gasteiger partial charge on any atom is -0.371 e. The summed E-state index contributed by atoms with van der Waals surface area (Å²) in [7, 11) is 0. The van der Waals surface area contributed by atoms with E-state index in [2.05, 4.69) is 52.8 Å². The number of anilines is 2. The lowest BCUT2D eigenvalue weighted by molar-refractivity contribution is 0.209. The maximum atomic E-state index is 2.57. The van der Waals surface area contributed by atoms with Crippen LogP contribution in [-0.2, 0) is 0 Å². The van der Waals surface area contributed by atoms with Gasteiger partial charge < -0.3 is 9.80 Å². The molecule has 2 aliphatic heterocycles. The van der Waals surface area contributed by atoms with E-state index in [1.54, 1.807) is 0 Å². The van der Waals surface area contributed by atoms with E-state index in [9.17, 15) is 0 Å². The highest BCUT2D eigenvalue weighted by Crippen LogP contribution is 2.26. The van der Waals surface area contributed by atoms with Crippen LogP contribution < -0.4 is 9.80 Å². The van der Waals surface area contributed by atoms with Crippen LogP contribution >= 0.6 is 0 Å². The summed E-state index contributed by atoms with van der Waals surface area (Å²) in [6.07, 6.45) is 1.34. The summed E-state index contributed by atoms with van der Waals surface area (Å²) < 4.78 is 0. The molecule has 0 spiro atoms. The number of nitrogens with zero attached hydrogens (tertiary/aromatic N) is 3. The molecule has 0 bridgehead atoms. The Bertz CT molecular complexity index is 418. The minimum atomic E-state index is 0.676. The zero-order chi connectivity index (χ0) is 13.2. The summed E-state index contributed by atoms with van der Waals surface area (Å²) in [5.74, 6) is 0. The maximum Gasteiger partial charge on any atom is 0.0387 e. The Labute approximate surface area is 116 Å². The first-order chi connectivity index (χ1) is 9.24. The lowest BCUT2D eigenvalue weighted by Crippen LogP contribution is -2.49. The first-order valence-electron chi connectivity index (χ1n) is 7.58. The van der Waals surface area contributed by atoms with Crippen molar-refractivity contribution >= 4 is 11.4 Å². The Morgan fingerprint density at radius 2 is 1.42 bits per heavy atom. The average Bonchev–Trinajstić information content (AvgIpc) is 2.37. The van der Waals surface area contributed by atoms with Crippen LogP contribution in [0.2, 0.25) is 0 Å². The molecule has 0 unspecified atom stereocenters. The van der Waals surface area contributed by atoms with Gasteiger partial charge in [0, 0.05) is 56.7 Å². The molecule has 2 aliphatic rings. The van der Waals surface area contributed by atoms with Crippen LogP contribution in [0.1, 0.15) is 20.3 Å². The molecule has 104 valence electrons. The van der Waals surface area contributed by atoms with E-state index >= 15 is 0 Å². The van der Waals surface area contributed by atoms with Crippen molar-refractivity contribution in [1.29, 1.82) is 0 Å². The summed E-state index contributed by atoms with van der Waals surface area (Å²) in [6, 6.07) is 9.75. The van der Waals surface area contributed by atoms with Crippen LogP contribution in [0.3, 0.4) is 0 Å². The van der Waals surface area contributed by atoms with Crippen molar-refractivity contribution < 1.29 is 0 Å². The van der Waals surface area contributed by atoms with E-state index in [4.69, 9.17) is 0 Å². The first-order valence-corrected chi connectivity index (χ1v) is 7.58. The molecule has 0 amide bonds. The summed E-state index contributed by atoms with van der Waals surface area (Å²) in [4.78, 5) is 7.56. The SMILES string of the molecule is CC(C)N1CCN(c2cccc(N3CCC3)c2)CC1. The molecule has 3 heteroatoms. The summed E-state index contributed by atoms with van der Waals surface area (Å²) in [5.41, 5.74) is 2.79. The van der Waals surface area contributed by atoms with E-state index in [1.807, 2.05) is 0 Å². The lowest BCUT2D eigenvalue weighted by Gasteiger charge is -2.39. The first kappa shape index (κ1) is 12.8. The second-order valence-electron chi connectivity index (χ2n) is 5.98. The van der Waals surface area contributed by atoms with Crippen LogP contribution in [0.15, 0.2) is 24.3 Å². The van der Waals surface area contributed by atoms with Crippen molar-refractivity contribution in [2.45, 2.75) is 26.3 Å². The molecule has 0 aliphatic carbocycles. The van der Waals surface area contributed by atoms with Crippen LogP contribution in [0.4, 0.5) is 11.4 Å². The number of benzene rings is 1. The smallest absolute Gasteiger partial charge is 0.0387 e. The Kier molecular flexibility index (Phi) is 3.65. The molecule has 2 saturated heterocycles. The molecule has 3 rings (SSSR count). The van der Waals surface area contributed by atoms with Gasteiger partial charge in [0.1, 0.15) is 0 Å². The van der Waals surface area contributed by atoms with Gasteiger partial charge in [-0.3, -0.25) is 4.90 Å². The largest absolute Gasteiger partial charge is 0.371 e. The molecular formula is C16H25N3. The molecular weight excluding hydrogens is 234 g/mol. The molecule has 0 radical (unpaired) electrons. The fraction of sp³-hybridized carbons (Fsp3) is 0.625. The van der Waals surface area contributed by atoms with E-state index in [0.29, 0.717) is 6.04 Å². The molecule has 1 aromatic rings. The highest BCUT2D eigenvalue weighted by atomic mass is 15.3. The Hall–Kier alpha value is -1.22. The number of piperazine rings is 1. The molecule has 0 aromatic heterocycles. The van der Waals surface area contributed by atoms with Gasteiger partial charge in [0.15, 0.2) is 0 Å². The topological polar surface area (TPSA) is 9.72 Å². The minimum absolute atomic E-state index is 0.676. The third-order valence-corrected chi connectivity index (χ3v) is 4.46. The quantitative estimate of drug-likeness (QED) is 0.825. The monoisotopic (exact) mass is 259 g/mol. The van der Waals surface area contributed by atoms with E-state index in [0.717, 1.165) is 13.1 Å². The van der Waals surface area contributed by atoms with E-state index < -0.39 is 0 Å². The Morgan fingerprint density at radius 1 is 0.842 bits per heavy atom. The van der Waals surface area contributed by atoms with Crippen molar-refractivity contribution in [1.82, 2.24) is 4.90 Å². The molecule has 2 heterocycles. The standard InChI is InChI=1S/C16H25N3/c1-14(2)17-9-11-19(12-10-17)16-6-3-5-15(13-16)18-7-4-8-18/h3,5-6,13-14H,4,7-12H2,1-2H3. The van der Waals surface area contributed by atoms with Gasteiger partial charge in [-0.15, -0.1) is 0 Å². The normalized spacial score (nSPS) is 20.8. The maximum absolute atomic E-state index is 2.57. The molecule has 0 atom stereocenters. The Balaban J connectivity index is 1.66. The zero-order valence-corrected chi connectivity index (χ0v) is 12.2. The summed E-state index contributed by atoms with van der Waals surface area (Å²) in [5, 5.41) is 0. The van der Waals surface area contributed by atoms with E-state index in [-0.39, 0.29) is 0 Å². The van der Waals surface area contributed by atoms with Gasteiger partial charge in [-0.05, 0) is 38.5 Å². The van der Waals surface area contributed by atoms with Crippen LogP contribution in [0, 0.1) is 0 Å². The molecule has 1 aromatic carbocycles. The summed E-state index contributed by atoms with van der Waals surface area (Å²) >= 11 is 0. The van der Waals surface area contributed by atoms with E-state index in [1.165, 1.54) is 44.0 Å². The van der Waals surface area contributed by atoms with Gasteiger partial charge in [-0.25, -0.2) is 0 Å². The van der Waals surface area contributed by atoms with Crippen molar-refractivity contribution in [3.63, 3.8) is 0 Å². The molecule has 3 nitrogen and oxygen atoms in total. The molecule has 2 fully saturated rings. The van der Waals surface area contributed by atoms with Gasteiger partial charge in [0.25, 0.3) is 0 Å². The molecule has 19 heavy (non-hydrogen) atoms. The summed E-state index contributed by atoms with van der Waals surface area (Å²) in [6.45, 7) is 11.7. The zero-order valence-electron chi connectivity index (χ0n) is 12.2. The third-order valence-electron chi connectivity index (χ3n) is 4.46. The van der Waals surface area contributed by atoms with Gasteiger partial charge in [-0.2, -0.15) is 0 Å².